The summed E-state index contributed by atoms with van der Waals surface area (Å²) in [6.45, 7) is 2.08. The van der Waals surface area contributed by atoms with Crippen molar-refractivity contribution in [1.29, 1.82) is 0 Å². The maximum Gasteiger partial charge on any atom is 0.224 e. The largest absolute Gasteiger partial charge is 0.339 e. The van der Waals surface area contributed by atoms with Gasteiger partial charge in [-0.25, -0.2) is 0 Å². The van der Waals surface area contributed by atoms with E-state index in [0.29, 0.717) is 18.0 Å². The van der Waals surface area contributed by atoms with E-state index in [1.165, 1.54) is 44.3 Å². The molecule has 2 aliphatic heterocycles. The Hall–Kier alpha value is 0.0700. The molecule has 116 valence electrons. The molecule has 3 fully saturated rings. The molecule has 3 atom stereocenters. The molecule has 3 unspecified atom stereocenters. The summed E-state index contributed by atoms with van der Waals surface area (Å²) in [6.07, 6.45) is 8.60. The summed E-state index contributed by atoms with van der Waals surface area (Å²) in [5, 5.41) is 3.49. The van der Waals surface area contributed by atoms with Crippen LogP contribution in [0, 0.1) is 5.92 Å². The molecule has 1 aliphatic carbocycles. The Morgan fingerprint density at radius 3 is 2.80 bits per heavy atom. The molecule has 0 aromatic heterocycles. The van der Waals surface area contributed by atoms with Crippen LogP contribution in [0.4, 0.5) is 0 Å². The number of halogens is 1. The number of rotatable bonds is 2. The fraction of sp³-hybridized carbons (Fsp3) is 0.933. The molecule has 2 saturated heterocycles. The van der Waals surface area contributed by atoms with Gasteiger partial charge in [-0.1, -0.05) is 12.8 Å². The van der Waals surface area contributed by atoms with E-state index in [0.717, 1.165) is 31.2 Å². The van der Waals surface area contributed by atoms with E-state index in [4.69, 9.17) is 0 Å². The van der Waals surface area contributed by atoms with Crippen LogP contribution in [-0.2, 0) is 4.79 Å². The monoisotopic (exact) mass is 318 g/mol. The third-order valence-electron chi connectivity index (χ3n) is 4.98. The van der Waals surface area contributed by atoms with Crippen molar-refractivity contribution in [3.8, 4) is 0 Å². The van der Waals surface area contributed by atoms with Gasteiger partial charge >= 0.3 is 0 Å². The number of carbonyl (C=O) groups is 1. The number of likely N-dealkylation sites (tertiary alicyclic amines) is 1. The maximum absolute atomic E-state index is 12.6. The molecule has 5 heteroatoms. The highest BCUT2D eigenvalue weighted by Gasteiger charge is 2.36. The average molecular weight is 319 g/mol. The Morgan fingerprint density at radius 1 is 1.20 bits per heavy atom. The lowest BCUT2D eigenvalue weighted by atomic mass is 9.78. The van der Waals surface area contributed by atoms with Crippen molar-refractivity contribution in [2.75, 3.05) is 24.6 Å². The smallest absolute Gasteiger partial charge is 0.224 e. The number of carbonyl (C=O) groups excluding carboxylic acids is 1. The number of nitrogens with one attached hydrogen (secondary N) is 1. The van der Waals surface area contributed by atoms with E-state index in [1.807, 2.05) is 11.8 Å². The number of hydrogen-bond donors (Lipinski definition) is 1. The van der Waals surface area contributed by atoms with E-state index in [9.17, 15) is 4.79 Å². The van der Waals surface area contributed by atoms with E-state index < -0.39 is 0 Å². The van der Waals surface area contributed by atoms with Gasteiger partial charge in [0.05, 0.1) is 0 Å². The fourth-order valence-corrected chi connectivity index (χ4v) is 4.96. The molecule has 1 saturated carbocycles. The van der Waals surface area contributed by atoms with E-state index in [2.05, 4.69) is 10.2 Å². The summed E-state index contributed by atoms with van der Waals surface area (Å²) in [7, 11) is 0. The minimum absolute atomic E-state index is 0. The van der Waals surface area contributed by atoms with Gasteiger partial charge in [0.2, 0.25) is 5.91 Å². The first-order chi connectivity index (χ1) is 9.34. The zero-order chi connectivity index (χ0) is 13.1. The summed E-state index contributed by atoms with van der Waals surface area (Å²) in [5.41, 5.74) is 0. The molecule has 1 N–H and O–H groups in total. The van der Waals surface area contributed by atoms with Gasteiger partial charge in [0.15, 0.2) is 0 Å². The molecule has 0 aromatic carbocycles. The first-order valence-corrected chi connectivity index (χ1v) is 9.10. The second-order valence-corrected chi connectivity index (χ2v) is 7.42. The van der Waals surface area contributed by atoms with Gasteiger partial charge in [0.1, 0.15) is 0 Å². The van der Waals surface area contributed by atoms with Crippen LogP contribution in [0.1, 0.15) is 44.9 Å². The number of amides is 1. The molecule has 20 heavy (non-hydrogen) atoms. The van der Waals surface area contributed by atoms with Crippen molar-refractivity contribution in [2.24, 2.45) is 5.92 Å². The van der Waals surface area contributed by atoms with Crippen molar-refractivity contribution >= 4 is 30.1 Å². The first-order valence-electron chi connectivity index (χ1n) is 7.95. The van der Waals surface area contributed by atoms with Crippen molar-refractivity contribution < 1.29 is 4.79 Å². The Labute approximate surface area is 133 Å². The highest BCUT2D eigenvalue weighted by Crippen LogP contribution is 2.35. The van der Waals surface area contributed by atoms with Gasteiger partial charge < -0.3 is 10.2 Å². The summed E-state index contributed by atoms with van der Waals surface area (Å²) < 4.78 is 0. The highest BCUT2D eigenvalue weighted by atomic mass is 35.5. The molecule has 0 aromatic rings. The normalized spacial score (nSPS) is 34.0. The third-order valence-corrected chi connectivity index (χ3v) is 6.11. The van der Waals surface area contributed by atoms with Crippen LogP contribution in [0.25, 0.3) is 0 Å². The molecule has 1 amide bonds. The van der Waals surface area contributed by atoms with Gasteiger partial charge in [0.25, 0.3) is 0 Å². The molecule has 0 spiro atoms. The fourth-order valence-electron chi connectivity index (χ4n) is 4.01. The van der Waals surface area contributed by atoms with Crippen molar-refractivity contribution in [2.45, 2.75) is 57.0 Å². The van der Waals surface area contributed by atoms with E-state index in [-0.39, 0.29) is 12.4 Å². The van der Waals surface area contributed by atoms with E-state index in [1.54, 1.807) is 0 Å². The summed E-state index contributed by atoms with van der Waals surface area (Å²) in [5.74, 6) is 3.52. The Morgan fingerprint density at radius 2 is 2.00 bits per heavy atom. The first kappa shape index (κ1) is 16.4. The minimum Gasteiger partial charge on any atom is -0.339 e. The number of fused-ring (bicyclic) bond motifs is 1. The summed E-state index contributed by atoms with van der Waals surface area (Å²) in [6, 6.07) is 0.987. The SMILES string of the molecule is Cl.O=C(CC1CSCCN1)N1CCCC2CCCCC21. The van der Waals surface area contributed by atoms with E-state index >= 15 is 0 Å². The molecule has 0 radical (unpaired) electrons. The third kappa shape index (κ3) is 3.83. The molecule has 3 nitrogen and oxygen atoms in total. The van der Waals surface area contributed by atoms with Crippen LogP contribution < -0.4 is 5.32 Å². The predicted molar refractivity (Wildman–Crippen MR) is 87.7 cm³/mol. The Balaban J connectivity index is 0.00000147. The summed E-state index contributed by atoms with van der Waals surface area (Å²) >= 11 is 1.98. The van der Waals surface area contributed by atoms with Gasteiger partial charge in [-0.05, 0) is 31.6 Å². The molecule has 3 rings (SSSR count). The van der Waals surface area contributed by atoms with Gasteiger partial charge in [0, 0.05) is 43.1 Å². The summed E-state index contributed by atoms with van der Waals surface area (Å²) in [4.78, 5) is 14.8. The van der Waals surface area contributed by atoms with Crippen molar-refractivity contribution in [3.05, 3.63) is 0 Å². The van der Waals surface area contributed by atoms with Gasteiger partial charge in [-0.2, -0.15) is 11.8 Å². The highest BCUT2D eigenvalue weighted by molar-refractivity contribution is 7.99. The van der Waals surface area contributed by atoms with Crippen molar-refractivity contribution in [1.82, 2.24) is 10.2 Å². The van der Waals surface area contributed by atoms with Crippen LogP contribution in [0.5, 0.6) is 0 Å². The standard InChI is InChI=1S/C15H26N2OS.ClH/c18-15(10-13-11-19-9-7-16-13)17-8-3-5-12-4-1-2-6-14(12)17;/h12-14,16H,1-11H2;1H. The molecule has 2 heterocycles. The lowest BCUT2D eigenvalue weighted by molar-refractivity contribution is -0.138. The molecule has 3 aliphatic rings. The second kappa shape index (κ2) is 7.90. The zero-order valence-electron chi connectivity index (χ0n) is 12.2. The van der Waals surface area contributed by atoms with Crippen LogP contribution in [0.2, 0.25) is 0 Å². The Bertz CT molecular complexity index is 321. The maximum atomic E-state index is 12.6. The van der Waals surface area contributed by atoms with Crippen LogP contribution in [0.15, 0.2) is 0 Å². The second-order valence-electron chi connectivity index (χ2n) is 6.27. The van der Waals surface area contributed by atoms with Gasteiger partial charge in [-0.3, -0.25) is 4.79 Å². The number of thioether (sulfide) groups is 1. The zero-order valence-corrected chi connectivity index (χ0v) is 13.8. The quantitative estimate of drug-likeness (QED) is 0.849. The Kier molecular flexibility index (Phi) is 6.50. The average Bonchev–Trinajstić information content (AvgIpc) is 2.47. The van der Waals surface area contributed by atoms with Crippen LogP contribution >= 0.6 is 24.2 Å². The van der Waals surface area contributed by atoms with Crippen LogP contribution in [-0.4, -0.2) is 47.5 Å². The number of nitrogens with zero attached hydrogens (tertiary/aromatic N) is 1. The van der Waals surface area contributed by atoms with Crippen LogP contribution in [0.3, 0.4) is 0 Å². The number of piperidine rings is 1. The lowest BCUT2D eigenvalue weighted by Crippen LogP contribution is -2.51. The van der Waals surface area contributed by atoms with Crippen molar-refractivity contribution in [3.63, 3.8) is 0 Å². The van der Waals surface area contributed by atoms with Gasteiger partial charge in [-0.15, -0.1) is 12.4 Å². The lowest BCUT2D eigenvalue weighted by Gasteiger charge is -2.44. The predicted octanol–water partition coefficient (Wildman–Crippen LogP) is 2.68. The molecule has 0 bridgehead atoms. The minimum atomic E-state index is 0. The molecular formula is C15H27ClN2OS. The topological polar surface area (TPSA) is 32.3 Å². The molecular weight excluding hydrogens is 292 g/mol. The number of hydrogen-bond acceptors (Lipinski definition) is 3.